The molecule has 1 aliphatic carbocycles. The van der Waals surface area contributed by atoms with Crippen LogP contribution in [0.25, 0.3) is 5.57 Å². The summed E-state index contributed by atoms with van der Waals surface area (Å²) < 4.78 is 51.3. The number of rotatable bonds is 2. The van der Waals surface area contributed by atoms with Gasteiger partial charge < -0.3 is 0 Å². The average molecular weight is 323 g/mol. The fraction of sp³-hybridized carbons (Fsp3) is 0.286. The minimum Gasteiger partial charge on any atom is -0.206 e. The molecule has 1 aromatic carbocycles. The SMILES string of the molecule is CC1=C(F)C(c2cc(SC(F)(F)F)ccc2Cl)=CCC1. The largest absolute Gasteiger partial charge is 0.446 e. The second kappa shape index (κ2) is 5.82. The standard InChI is InChI=1S/C14H11ClF4S/c1-8-3-2-4-10(13(8)16)11-7-9(5-6-12(11)15)20-14(17,18)19/h4-7H,2-3H2,1H3. The van der Waals surface area contributed by atoms with Crippen LogP contribution in [-0.2, 0) is 0 Å². The van der Waals surface area contributed by atoms with Gasteiger partial charge in [-0.25, -0.2) is 4.39 Å². The summed E-state index contributed by atoms with van der Waals surface area (Å²) in [4.78, 5) is -0.00572. The molecule has 0 aromatic heterocycles. The molecule has 0 fully saturated rings. The van der Waals surface area contributed by atoms with Crippen molar-refractivity contribution in [2.45, 2.75) is 30.2 Å². The summed E-state index contributed by atoms with van der Waals surface area (Å²) in [6.07, 6.45) is 2.94. The number of allylic oxidation sites excluding steroid dienone is 4. The predicted octanol–water partition coefficient (Wildman–Crippen LogP) is 6.37. The number of halogens is 5. The Hall–Kier alpha value is -0.940. The second-order valence-corrected chi connectivity index (χ2v) is 5.99. The van der Waals surface area contributed by atoms with E-state index in [1.165, 1.54) is 18.2 Å². The molecule has 1 aliphatic rings. The zero-order chi connectivity index (χ0) is 14.9. The predicted molar refractivity (Wildman–Crippen MR) is 74.4 cm³/mol. The van der Waals surface area contributed by atoms with Crippen LogP contribution in [0.3, 0.4) is 0 Å². The summed E-state index contributed by atoms with van der Waals surface area (Å²) in [6.45, 7) is 1.67. The van der Waals surface area contributed by atoms with E-state index in [2.05, 4.69) is 0 Å². The first kappa shape index (κ1) is 15.4. The van der Waals surface area contributed by atoms with Crippen molar-refractivity contribution < 1.29 is 17.6 Å². The van der Waals surface area contributed by atoms with Crippen molar-refractivity contribution in [1.82, 2.24) is 0 Å². The lowest BCUT2D eigenvalue weighted by molar-refractivity contribution is -0.0328. The monoisotopic (exact) mass is 322 g/mol. The third kappa shape index (κ3) is 3.58. The summed E-state index contributed by atoms with van der Waals surface area (Å²) in [5, 5.41) is 0.243. The summed E-state index contributed by atoms with van der Waals surface area (Å²) in [7, 11) is 0. The molecule has 0 heterocycles. The number of alkyl halides is 3. The van der Waals surface area contributed by atoms with Crippen LogP contribution in [-0.4, -0.2) is 5.51 Å². The van der Waals surface area contributed by atoms with E-state index in [0.717, 1.165) is 0 Å². The molecule has 1 aromatic rings. The van der Waals surface area contributed by atoms with Crippen molar-refractivity contribution >= 4 is 28.9 Å². The van der Waals surface area contributed by atoms with Gasteiger partial charge in [-0.15, -0.1) is 0 Å². The molecule has 0 spiro atoms. The van der Waals surface area contributed by atoms with Gasteiger partial charge in [0.25, 0.3) is 0 Å². The summed E-state index contributed by atoms with van der Waals surface area (Å²) in [6, 6.07) is 3.93. The fourth-order valence-corrected chi connectivity index (χ4v) is 2.80. The van der Waals surface area contributed by atoms with Crippen LogP contribution >= 0.6 is 23.4 Å². The quantitative estimate of drug-likeness (QED) is 0.450. The van der Waals surface area contributed by atoms with Crippen molar-refractivity contribution in [2.24, 2.45) is 0 Å². The molecule has 0 saturated carbocycles. The molecule has 6 heteroatoms. The van der Waals surface area contributed by atoms with Gasteiger partial charge in [0.1, 0.15) is 5.83 Å². The van der Waals surface area contributed by atoms with Gasteiger partial charge in [-0.05, 0) is 55.3 Å². The molecule has 0 bridgehead atoms. The Labute approximate surface area is 123 Å². The molecular formula is C14H11ClF4S. The smallest absolute Gasteiger partial charge is 0.206 e. The number of thioether (sulfide) groups is 1. The average Bonchev–Trinajstić information content (AvgIpc) is 2.34. The molecule has 20 heavy (non-hydrogen) atoms. The molecule has 0 unspecified atom stereocenters. The van der Waals surface area contributed by atoms with E-state index in [1.54, 1.807) is 13.0 Å². The van der Waals surface area contributed by atoms with Crippen LogP contribution < -0.4 is 0 Å². The number of hydrogen-bond donors (Lipinski definition) is 0. The van der Waals surface area contributed by atoms with E-state index >= 15 is 0 Å². The maximum atomic E-state index is 14.1. The van der Waals surface area contributed by atoms with E-state index in [-0.39, 0.29) is 27.3 Å². The molecule has 108 valence electrons. The molecule has 0 radical (unpaired) electrons. The highest BCUT2D eigenvalue weighted by Crippen LogP contribution is 2.41. The van der Waals surface area contributed by atoms with Crippen molar-refractivity contribution in [1.29, 1.82) is 0 Å². The Balaban J connectivity index is 2.42. The minimum absolute atomic E-state index is 0.00572. The first-order chi connectivity index (χ1) is 9.28. The Morgan fingerprint density at radius 3 is 2.60 bits per heavy atom. The van der Waals surface area contributed by atoms with E-state index in [1.807, 2.05) is 0 Å². The van der Waals surface area contributed by atoms with Gasteiger partial charge in [0.05, 0.1) is 0 Å². The lowest BCUT2D eigenvalue weighted by Gasteiger charge is -2.16. The van der Waals surface area contributed by atoms with Crippen LogP contribution in [0.4, 0.5) is 17.6 Å². The molecule has 0 amide bonds. The first-order valence-electron chi connectivity index (χ1n) is 5.89. The topological polar surface area (TPSA) is 0 Å². The van der Waals surface area contributed by atoms with Crippen LogP contribution in [0, 0.1) is 0 Å². The second-order valence-electron chi connectivity index (χ2n) is 4.44. The normalized spacial score (nSPS) is 16.4. The van der Waals surface area contributed by atoms with Crippen molar-refractivity contribution in [3.05, 3.63) is 46.3 Å². The van der Waals surface area contributed by atoms with E-state index < -0.39 is 11.3 Å². The van der Waals surface area contributed by atoms with Crippen molar-refractivity contribution in [3.63, 3.8) is 0 Å². The summed E-state index contributed by atoms with van der Waals surface area (Å²) >= 11 is 5.76. The molecule has 0 aliphatic heterocycles. The zero-order valence-corrected chi connectivity index (χ0v) is 12.1. The van der Waals surface area contributed by atoms with Gasteiger partial charge in [0, 0.05) is 21.1 Å². The molecular weight excluding hydrogens is 312 g/mol. The summed E-state index contributed by atoms with van der Waals surface area (Å²) in [5.41, 5.74) is -3.20. The van der Waals surface area contributed by atoms with E-state index in [9.17, 15) is 17.6 Å². The molecule has 0 nitrogen and oxygen atoms in total. The van der Waals surface area contributed by atoms with Gasteiger partial charge >= 0.3 is 5.51 Å². The molecule has 0 atom stereocenters. The highest BCUT2D eigenvalue weighted by Gasteiger charge is 2.29. The Kier molecular flexibility index (Phi) is 4.49. The van der Waals surface area contributed by atoms with Crippen LogP contribution in [0.2, 0.25) is 5.02 Å². The first-order valence-corrected chi connectivity index (χ1v) is 7.09. The van der Waals surface area contributed by atoms with Gasteiger partial charge in [-0.3, -0.25) is 0 Å². The Morgan fingerprint density at radius 2 is 1.95 bits per heavy atom. The minimum atomic E-state index is -4.38. The third-order valence-electron chi connectivity index (χ3n) is 2.94. The number of hydrogen-bond acceptors (Lipinski definition) is 1. The van der Waals surface area contributed by atoms with E-state index in [0.29, 0.717) is 24.0 Å². The molecule has 2 rings (SSSR count). The number of benzene rings is 1. The van der Waals surface area contributed by atoms with Crippen LogP contribution in [0.15, 0.2) is 40.6 Å². The van der Waals surface area contributed by atoms with Crippen molar-refractivity contribution in [2.75, 3.05) is 0 Å². The third-order valence-corrected chi connectivity index (χ3v) is 3.99. The zero-order valence-electron chi connectivity index (χ0n) is 10.5. The van der Waals surface area contributed by atoms with Crippen LogP contribution in [0.5, 0.6) is 0 Å². The highest BCUT2D eigenvalue weighted by atomic mass is 35.5. The Bertz CT molecular complexity index is 587. The lowest BCUT2D eigenvalue weighted by Crippen LogP contribution is -2.00. The van der Waals surface area contributed by atoms with E-state index in [4.69, 9.17) is 11.6 Å². The fourth-order valence-electron chi connectivity index (χ4n) is 2.00. The van der Waals surface area contributed by atoms with Gasteiger partial charge in [-0.2, -0.15) is 13.2 Å². The Morgan fingerprint density at radius 1 is 1.25 bits per heavy atom. The maximum absolute atomic E-state index is 14.1. The highest BCUT2D eigenvalue weighted by molar-refractivity contribution is 8.00. The molecule has 0 N–H and O–H groups in total. The molecule has 0 saturated heterocycles. The maximum Gasteiger partial charge on any atom is 0.446 e. The van der Waals surface area contributed by atoms with Gasteiger partial charge in [-0.1, -0.05) is 17.7 Å². The summed E-state index contributed by atoms with van der Waals surface area (Å²) in [5.74, 6) is -0.396. The van der Waals surface area contributed by atoms with Crippen LogP contribution in [0.1, 0.15) is 25.3 Å². The van der Waals surface area contributed by atoms with Gasteiger partial charge in [0.2, 0.25) is 0 Å². The van der Waals surface area contributed by atoms with Gasteiger partial charge in [0.15, 0.2) is 0 Å². The lowest BCUT2D eigenvalue weighted by atomic mass is 9.94. The van der Waals surface area contributed by atoms with Crippen molar-refractivity contribution in [3.8, 4) is 0 Å².